The van der Waals surface area contributed by atoms with Crippen LogP contribution in [0.1, 0.15) is 28.7 Å². The number of aryl methyl sites for hydroxylation is 3. The van der Waals surface area contributed by atoms with Crippen LogP contribution in [-0.2, 0) is 22.4 Å². The Morgan fingerprint density at radius 2 is 1.67 bits per heavy atom. The van der Waals surface area contributed by atoms with Gasteiger partial charge < -0.3 is 10.6 Å². The summed E-state index contributed by atoms with van der Waals surface area (Å²) in [7, 11) is 1.77. The number of nitrogens with zero attached hydrogens (tertiary/aromatic N) is 1. The lowest BCUT2D eigenvalue weighted by Crippen LogP contribution is -2.36. The predicted octanol–water partition coefficient (Wildman–Crippen LogP) is 3.30. The summed E-state index contributed by atoms with van der Waals surface area (Å²) in [5.41, 5.74) is 6.55. The van der Waals surface area contributed by atoms with Crippen molar-refractivity contribution >= 4 is 23.2 Å². The highest BCUT2D eigenvalue weighted by Gasteiger charge is 2.14. The molecule has 2 aromatic carbocycles. The Morgan fingerprint density at radius 1 is 0.963 bits per heavy atom. The summed E-state index contributed by atoms with van der Waals surface area (Å²) in [6.45, 7) is 4.32. The van der Waals surface area contributed by atoms with Gasteiger partial charge in [0.1, 0.15) is 0 Å². The van der Waals surface area contributed by atoms with Gasteiger partial charge in [0, 0.05) is 11.4 Å². The van der Waals surface area contributed by atoms with Crippen molar-refractivity contribution < 1.29 is 9.59 Å². The molecule has 1 aliphatic rings. The first-order valence-corrected chi connectivity index (χ1v) is 9.38. The summed E-state index contributed by atoms with van der Waals surface area (Å²) in [4.78, 5) is 26.3. The fourth-order valence-corrected chi connectivity index (χ4v) is 3.47. The van der Waals surface area contributed by atoms with E-state index in [4.69, 9.17) is 0 Å². The Labute approximate surface area is 160 Å². The van der Waals surface area contributed by atoms with E-state index in [0.717, 1.165) is 35.3 Å². The van der Waals surface area contributed by atoms with Crippen LogP contribution in [0, 0.1) is 13.8 Å². The molecule has 142 valence electrons. The van der Waals surface area contributed by atoms with Crippen LogP contribution in [0.3, 0.4) is 0 Å². The van der Waals surface area contributed by atoms with E-state index in [0.29, 0.717) is 0 Å². The minimum absolute atomic E-state index is 0.116. The number of nitrogens with one attached hydrogen (secondary N) is 2. The molecule has 2 amide bonds. The molecule has 0 aliphatic heterocycles. The van der Waals surface area contributed by atoms with Gasteiger partial charge in [-0.2, -0.15) is 0 Å². The summed E-state index contributed by atoms with van der Waals surface area (Å²) in [5.74, 6) is -0.244. The van der Waals surface area contributed by atoms with Gasteiger partial charge in [0.2, 0.25) is 11.8 Å². The van der Waals surface area contributed by atoms with Crippen LogP contribution in [-0.4, -0.2) is 36.9 Å². The molecule has 3 rings (SSSR count). The van der Waals surface area contributed by atoms with E-state index in [2.05, 4.69) is 22.8 Å². The van der Waals surface area contributed by atoms with E-state index in [1.165, 1.54) is 17.5 Å². The van der Waals surface area contributed by atoms with Crippen molar-refractivity contribution in [3.05, 3.63) is 58.7 Å². The second-order valence-corrected chi connectivity index (χ2v) is 7.35. The molecule has 2 N–H and O–H groups in total. The molecule has 1 aliphatic carbocycles. The largest absolute Gasteiger partial charge is 0.325 e. The summed E-state index contributed by atoms with van der Waals surface area (Å²) >= 11 is 0. The fraction of sp³-hybridized carbons (Fsp3) is 0.364. The number of rotatable bonds is 6. The van der Waals surface area contributed by atoms with Crippen molar-refractivity contribution in [3.63, 3.8) is 0 Å². The van der Waals surface area contributed by atoms with Crippen molar-refractivity contribution in [1.29, 1.82) is 0 Å². The standard InChI is InChI=1S/C22H27N3O2/c1-15-6-4-9-20(16(15)2)24-22(27)14-25(3)13-21(26)23-19-11-10-17-7-5-8-18(17)12-19/h4,6,9-12H,5,7-8,13-14H2,1-3H3,(H,23,26)(H,24,27). The second kappa shape index (κ2) is 8.35. The lowest BCUT2D eigenvalue weighted by molar-refractivity contribution is -0.119. The van der Waals surface area contributed by atoms with Crippen molar-refractivity contribution in [2.24, 2.45) is 0 Å². The topological polar surface area (TPSA) is 61.4 Å². The van der Waals surface area contributed by atoms with Crippen LogP contribution >= 0.6 is 0 Å². The van der Waals surface area contributed by atoms with Gasteiger partial charge in [-0.3, -0.25) is 14.5 Å². The summed E-state index contributed by atoms with van der Waals surface area (Å²) in [6, 6.07) is 11.9. The van der Waals surface area contributed by atoms with Crippen molar-refractivity contribution in [1.82, 2.24) is 4.90 Å². The van der Waals surface area contributed by atoms with Gasteiger partial charge in [-0.15, -0.1) is 0 Å². The number of amides is 2. The highest BCUT2D eigenvalue weighted by molar-refractivity contribution is 5.95. The zero-order valence-electron chi connectivity index (χ0n) is 16.3. The molecular weight excluding hydrogens is 338 g/mol. The second-order valence-electron chi connectivity index (χ2n) is 7.35. The molecular formula is C22H27N3O2. The SMILES string of the molecule is Cc1cccc(NC(=O)CN(C)CC(=O)Nc2ccc3c(c2)CCC3)c1C. The zero-order valence-corrected chi connectivity index (χ0v) is 16.3. The third kappa shape index (κ3) is 4.95. The zero-order chi connectivity index (χ0) is 19.4. The Bertz CT molecular complexity index is 861. The van der Waals surface area contributed by atoms with Gasteiger partial charge in [0.05, 0.1) is 13.1 Å². The molecule has 0 saturated carbocycles. The van der Waals surface area contributed by atoms with Gasteiger partial charge in [-0.05, 0) is 80.6 Å². The number of anilines is 2. The average molecular weight is 365 g/mol. The van der Waals surface area contributed by atoms with Crippen LogP contribution in [0.2, 0.25) is 0 Å². The molecule has 0 fully saturated rings. The van der Waals surface area contributed by atoms with E-state index < -0.39 is 0 Å². The molecule has 0 radical (unpaired) electrons. The first-order chi connectivity index (χ1) is 12.9. The van der Waals surface area contributed by atoms with Gasteiger partial charge >= 0.3 is 0 Å². The smallest absolute Gasteiger partial charge is 0.238 e. The van der Waals surface area contributed by atoms with Crippen LogP contribution in [0.15, 0.2) is 36.4 Å². The van der Waals surface area contributed by atoms with E-state index in [9.17, 15) is 9.59 Å². The molecule has 0 unspecified atom stereocenters. The summed E-state index contributed by atoms with van der Waals surface area (Å²) in [5, 5.41) is 5.85. The quantitative estimate of drug-likeness (QED) is 0.826. The average Bonchev–Trinajstić information content (AvgIpc) is 3.06. The number of likely N-dealkylation sites (N-methyl/N-ethyl adjacent to an activating group) is 1. The van der Waals surface area contributed by atoms with Crippen molar-refractivity contribution in [2.75, 3.05) is 30.8 Å². The first-order valence-electron chi connectivity index (χ1n) is 9.38. The van der Waals surface area contributed by atoms with Crippen LogP contribution in [0.5, 0.6) is 0 Å². The molecule has 0 heterocycles. The molecule has 0 atom stereocenters. The molecule has 27 heavy (non-hydrogen) atoms. The normalized spacial score (nSPS) is 12.7. The van der Waals surface area contributed by atoms with Crippen LogP contribution in [0.4, 0.5) is 11.4 Å². The van der Waals surface area contributed by atoms with Gasteiger partial charge in [-0.25, -0.2) is 0 Å². The maximum atomic E-state index is 12.3. The van der Waals surface area contributed by atoms with Crippen LogP contribution in [0.25, 0.3) is 0 Å². The summed E-state index contributed by atoms with van der Waals surface area (Å²) in [6.07, 6.45) is 3.39. The highest BCUT2D eigenvalue weighted by Crippen LogP contribution is 2.24. The number of carbonyl (C=O) groups is 2. The predicted molar refractivity (Wildman–Crippen MR) is 109 cm³/mol. The fourth-order valence-electron chi connectivity index (χ4n) is 3.47. The Balaban J connectivity index is 1.49. The Hall–Kier alpha value is -2.66. The molecule has 5 heteroatoms. The van der Waals surface area contributed by atoms with Gasteiger partial charge in [0.25, 0.3) is 0 Å². The number of carbonyl (C=O) groups excluding carboxylic acids is 2. The lowest BCUT2D eigenvalue weighted by Gasteiger charge is -2.17. The van der Waals surface area contributed by atoms with E-state index in [1.54, 1.807) is 11.9 Å². The van der Waals surface area contributed by atoms with Gasteiger partial charge in [-0.1, -0.05) is 18.2 Å². The lowest BCUT2D eigenvalue weighted by atomic mass is 10.1. The number of hydrogen-bond donors (Lipinski definition) is 2. The molecule has 5 nitrogen and oxygen atoms in total. The maximum Gasteiger partial charge on any atom is 0.238 e. The first kappa shape index (κ1) is 19.1. The minimum Gasteiger partial charge on any atom is -0.325 e. The molecule has 0 bridgehead atoms. The number of hydrogen-bond acceptors (Lipinski definition) is 3. The minimum atomic E-state index is -0.128. The summed E-state index contributed by atoms with van der Waals surface area (Å²) < 4.78 is 0. The third-order valence-corrected chi connectivity index (χ3v) is 5.09. The Kier molecular flexibility index (Phi) is 5.91. The molecule has 0 saturated heterocycles. The molecule has 0 aromatic heterocycles. The van der Waals surface area contributed by atoms with Crippen LogP contribution < -0.4 is 10.6 Å². The van der Waals surface area contributed by atoms with Gasteiger partial charge in [0.15, 0.2) is 0 Å². The molecule has 2 aromatic rings. The third-order valence-electron chi connectivity index (χ3n) is 5.09. The van der Waals surface area contributed by atoms with Crippen molar-refractivity contribution in [3.8, 4) is 0 Å². The highest BCUT2D eigenvalue weighted by atomic mass is 16.2. The number of fused-ring (bicyclic) bond motifs is 1. The number of benzene rings is 2. The maximum absolute atomic E-state index is 12.3. The van der Waals surface area contributed by atoms with E-state index >= 15 is 0 Å². The van der Waals surface area contributed by atoms with E-state index in [1.807, 2.05) is 38.1 Å². The van der Waals surface area contributed by atoms with Crippen molar-refractivity contribution in [2.45, 2.75) is 33.1 Å². The Morgan fingerprint density at radius 3 is 2.44 bits per heavy atom. The molecule has 0 spiro atoms. The monoisotopic (exact) mass is 365 g/mol. The van der Waals surface area contributed by atoms with E-state index in [-0.39, 0.29) is 24.9 Å².